The van der Waals surface area contributed by atoms with Gasteiger partial charge in [0.15, 0.2) is 0 Å². The van der Waals surface area contributed by atoms with Gasteiger partial charge in [-0.25, -0.2) is 13.6 Å². The Labute approximate surface area is 88.8 Å². The first kappa shape index (κ1) is 14.7. The molecule has 94 valence electrons. The Morgan fingerprint density at radius 3 is 1.88 bits per heavy atom. The van der Waals surface area contributed by atoms with E-state index in [1.54, 1.807) is 0 Å². The largest absolute Gasteiger partial charge is 0.480 e. The van der Waals surface area contributed by atoms with E-state index < -0.39 is 29.8 Å². The fourth-order valence-corrected chi connectivity index (χ4v) is 0.714. The van der Waals surface area contributed by atoms with Gasteiger partial charge in [-0.3, -0.25) is 4.79 Å². The summed E-state index contributed by atoms with van der Waals surface area (Å²) in [6.45, 7) is 1.91. The van der Waals surface area contributed by atoms with E-state index in [9.17, 15) is 27.2 Å². The van der Waals surface area contributed by atoms with E-state index in [1.165, 1.54) is 0 Å². The molecule has 0 aromatic rings. The predicted octanol–water partition coefficient (Wildman–Crippen LogP) is 1.21. The molecule has 0 aliphatic rings. The smallest absolute Gasteiger partial charge is 0.383 e. The Kier molecular flexibility index (Phi) is 3.91. The van der Waals surface area contributed by atoms with Crippen LogP contribution in [0.3, 0.4) is 0 Å². The standard InChI is InChI=1S/C8H11F4NO3/c1-7(2,6(15)16)13(3)5(14)8(11,12)4(9)10/h4H,1-3H3,(H,15,16). The lowest BCUT2D eigenvalue weighted by Gasteiger charge is -2.33. The molecule has 0 unspecified atom stereocenters. The van der Waals surface area contributed by atoms with Crippen molar-refractivity contribution in [2.75, 3.05) is 7.05 Å². The minimum atomic E-state index is -4.89. The Morgan fingerprint density at radius 1 is 1.25 bits per heavy atom. The Morgan fingerprint density at radius 2 is 1.62 bits per heavy atom. The molecular weight excluding hydrogens is 234 g/mol. The summed E-state index contributed by atoms with van der Waals surface area (Å²) >= 11 is 0. The molecule has 0 aliphatic carbocycles. The van der Waals surface area contributed by atoms with Gasteiger partial charge in [0.05, 0.1) is 0 Å². The summed E-state index contributed by atoms with van der Waals surface area (Å²) in [5.41, 5.74) is -1.99. The van der Waals surface area contributed by atoms with Gasteiger partial charge in [-0.05, 0) is 13.8 Å². The van der Waals surface area contributed by atoms with Gasteiger partial charge >= 0.3 is 18.3 Å². The second kappa shape index (κ2) is 4.26. The van der Waals surface area contributed by atoms with Crippen molar-refractivity contribution in [1.82, 2.24) is 4.90 Å². The molecule has 8 heteroatoms. The molecule has 1 amide bonds. The van der Waals surface area contributed by atoms with Crippen molar-refractivity contribution < 1.29 is 32.3 Å². The van der Waals surface area contributed by atoms with Gasteiger partial charge in [0.2, 0.25) is 0 Å². The first-order chi connectivity index (χ1) is 6.95. The van der Waals surface area contributed by atoms with Crippen LogP contribution in [0.15, 0.2) is 0 Å². The summed E-state index contributed by atoms with van der Waals surface area (Å²) in [6.07, 6.45) is -4.17. The summed E-state index contributed by atoms with van der Waals surface area (Å²) in [7, 11) is 0.729. The number of carbonyl (C=O) groups is 2. The molecule has 0 bridgehead atoms. The zero-order valence-corrected chi connectivity index (χ0v) is 8.80. The highest BCUT2D eigenvalue weighted by Crippen LogP contribution is 2.27. The van der Waals surface area contributed by atoms with Crippen LogP contribution >= 0.6 is 0 Å². The molecule has 16 heavy (non-hydrogen) atoms. The minimum absolute atomic E-state index is 0.0848. The SMILES string of the molecule is CN(C(=O)C(F)(F)C(F)F)C(C)(C)C(=O)O. The average Bonchev–Trinajstić information content (AvgIpc) is 2.14. The second-order valence-corrected chi connectivity index (χ2v) is 3.65. The average molecular weight is 245 g/mol. The van der Waals surface area contributed by atoms with Crippen LogP contribution in [-0.4, -0.2) is 46.8 Å². The third-order valence-electron chi connectivity index (χ3n) is 2.23. The topological polar surface area (TPSA) is 57.6 Å². The molecule has 0 fully saturated rings. The van der Waals surface area contributed by atoms with E-state index in [0.29, 0.717) is 0 Å². The number of carboxylic acids is 1. The Balaban J connectivity index is 5.10. The number of hydrogen-bond acceptors (Lipinski definition) is 2. The summed E-state index contributed by atoms with van der Waals surface area (Å²) in [4.78, 5) is 21.7. The number of hydrogen-bond donors (Lipinski definition) is 1. The zero-order valence-electron chi connectivity index (χ0n) is 8.80. The monoisotopic (exact) mass is 245 g/mol. The van der Waals surface area contributed by atoms with Crippen LogP contribution in [0.2, 0.25) is 0 Å². The quantitative estimate of drug-likeness (QED) is 0.757. The number of aliphatic carboxylic acids is 1. The minimum Gasteiger partial charge on any atom is -0.480 e. The normalized spacial score (nSPS) is 12.8. The molecule has 0 saturated carbocycles. The molecule has 4 nitrogen and oxygen atoms in total. The van der Waals surface area contributed by atoms with Crippen LogP contribution in [0.25, 0.3) is 0 Å². The van der Waals surface area contributed by atoms with E-state index in [-0.39, 0.29) is 4.90 Å². The van der Waals surface area contributed by atoms with Crippen molar-refractivity contribution in [2.24, 2.45) is 0 Å². The van der Waals surface area contributed by atoms with Crippen molar-refractivity contribution in [3.8, 4) is 0 Å². The highest BCUT2D eigenvalue weighted by Gasteiger charge is 2.53. The lowest BCUT2D eigenvalue weighted by Crippen LogP contribution is -2.57. The van der Waals surface area contributed by atoms with Crippen LogP contribution in [0.4, 0.5) is 17.6 Å². The molecule has 0 saturated heterocycles. The van der Waals surface area contributed by atoms with Gasteiger partial charge in [-0.1, -0.05) is 0 Å². The fourth-order valence-electron chi connectivity index (χ4n) is 0.714. The van der Waals surface area contributed by atoms with Gasteiger partial charge in [0.25, 0.3) is 5.91 Å². The van der Waals surface area contributed by atoms with Gasteiger partial charge in [-0.2, -0.15) is 8.78 Å². The third kappa shape index (κ3) is 2.42. The van der Waals surface area contributed by atoms with E-state index >= 15 is 0 Å². The predicted molar refractivity (Wildman–Crippen MR) is 45.4 cm³/mol. The van der Waals surface area contributed by atoms with Crippen molar-refractivity contribution in [2.45, 2.75) is 31.7 Å². The summed E-state index contributed by atoms with van der Waals surface area (Å²) in [6, 6.07) is 0. The number of likely N-dealkylation sites (N-methyl/N-ethyl adjacent to an activating group) is 1. The maximum absolute atomic E-state index is 12.6. The van der Waals surface area contributed by atoms with Crippen LogP contribution in [0.1, 0.15) is 13.8 Å². The van der Waals surface area contributed by atoms with Gasteiger partial charge in [0.1, 0.15) is 5.54 Å². The van der Waals surface area contributed by atoms with Gasteiger partial charge in [-0.15, -0.1) is 0 Å². The maximum atomic E-state index is 12.6. The van der Waals surface area contributed by atoms with Crippen molar-refractivity contribution in [1.29, 1.82) is 0 Å². The second-order valence-electron chi connectivity index (χ2n) is 3.65. The molecule has 0 aromatic carbocycles. The first-order valence-corrected chi connectivity index (χ1v) is 4.13. The number of alkyl halides is 4. The molecule has 0 atom stereocenters. The molecule has 0 heterocycles. The number of halogens is 4. The van der Waals surface area contributed by atoms with E-state index in [1.807, 2.05) is 0 Å². The summed E-state index contributed by atoms with van der Waals surface area (Å²) < 4.78 is 49.0. The molecule has 1 N–H and O–H groups in total. The van der Waals surface area contributed by atoms with Crippen molar-refractivity contribution in [3.63, 3.8) is 0 Å². The van der Waals surface area contributed by atoms with Crippen LogP contribution < -0.4 is 0 Å². The van der Waals surface area contributed by atoms with E-state index in [2.05, 4.69) is 0 Å². The van der Waals surface area contributed by atoms with Gasteiger partial charge < -0.3 is 10.0 Å². The number of carboxylic acid groups (broad SMARTS) is 1. The van der Waals surface area contributed by atoms with Crippen LogP contribution in [0.5, 0.6) is 0 Å². The number of amides is 1. The first-order valence-electron chi connectivity index (χ1n) is 4.13. The van der Waals surface area contributed by atoms with Crippen LogP contribution in [-0.2, 0) is 9.59 Å². The highest BCUT2D eigenvalue weighted by atomic mass is 19.3. The molecule has 0 rings (SSSR count). The van der Waals surface area contributed by atoms with Crippen LogP contribution in [0, 0.1) is 0 Å². The lowest BCUT2D eigenvalue weighted by molar-refractivity contribution is -0.187. The number of carbonyl (C=O) groups excluding carboxylic acids is 1. The van der Waals surface area contributed by atoms with E-state index in [4.69, 9.17) is 5.11 Å². The maximum Gasteiger partial charge on any atom is 0.383 e. The highest BCUT2D eigenvalue weighted by molar-refractivity contribution is 5.90. The molecule has 0 aliphatic heterocycles. The Bertz CT molecular complexity index is 304. The molecule has 0 spiro atoms. The lowest BCUT2D eigenvalue weighted by atomic mass is 10.0. The number of rotatable bonds is 4. The van der Waals surface area contributed by atoms with Crippen molar-refractivity contribution >= 4 is 11.9 Å². The van der Waals surface area contributed by atoms with Gasteiger partial charge in [0, 0.05) is 7.05 Å². The number of nitrogens with zero attached hydrogens (tertiary/aromatic N) is 1. The fraction of sp³-hybridized carbons (Fsp3) is 0.750. The Hall–Kier alpha value is -1.34. The molecule has 0 aromatic heterocycles. The zero-order chi connectivity index (χ0) is 13.3. The van der Waals surface area contributed by atoms with E-state index in [0.717, 1.165) is 20.9 Å². The summed E-state index contributed by atoms with van der Waals surface area (Å²) in [5, 5.41) is 8.64. The third-order valence-corrected chi connectivity index (χ3v) is 2.23. The van der Waals surface area contributed by atoms with Crippen molar-refractivity contribution in [3.05, 3.63) is 0 Å². The molecular formula is C8H11F4NO3. The molecule has 0 radical (unpaired) electrons. The summed E-state index contributed by atoms with van der Waals surface area (Å²) in [5.74, 6) is -8.69.